The first-order valence-corrected chi connectivity index (χ1v) is 6.93. The number of hydrogen-bond acceptors (Lipinski definition) is 5. The van der Waals surface area contributed by atoms with Gasteiger partial charge in [-0.3, -0.25) is 10.1 Å². The second kappa shape index (κ2) is 5.77. The molecule has 0 bridgehead atoms. The topological polar surface area (TPSA) is 96.3 Å². The Morgan fingerprint density at radius 3 is 2.96 bits per heavy atom. The molecular formula is C16H13N5O2. The number of nitro groups is 1. The molecular weight excluding hydrogens is 294 g/mol. The van der Waals surface area contributed by atoms with E-state index in [4.69, 9.17) is 5.26 Å². The summed E-state index contributed by atoms with van der Waals surface area (Å²) >= 11 is 0. The molecule has 0 fully saturated rings. The molecule has 0 unspecified atom stereocenters. The minimum Gasteiger partial charge on any atom is -0.378 e. The summed E-state index contributed by atoms with van der Waals surface area (Å²) in [5, 5.41) is 23.0. The Kier molecular flexibility index (Phi) is 3.65. The van der Waals surface area contributed by atoms with Crippen LogP contribution in [0.1, 0.15) is 16.8 Å². The molecule has 0 amide bonds. The molecule has 2 aromatic heterocycles. The van der Waals surface area contributed by atoms with Crippen LogP contribution in [0.4, 0.5) is 11.4 Å². The van der Waals surface area contributed by atoms with Crippen LogP contribution in [-0.2, 0) is 6.54 Å². The van der Waals surface area contributed by atoms with Gasteiger partial charge in [-0.2, -0.15) is 5.26 Å². The molecule has 23 heavy (non-hydrogen) atoms. The van der Waals surface area contributed by atoms with Crippen molar-refractivity contribution >= 4 is 17.0 Å². The van der Waals surface area contributed by atoms with Gasteiger partial charge in [-0.1, -0.05) is 0 Å². The quantitative estimate of drug-likeness (QED) is 0.590. The van der Waals surface area contributed by atoms with Crippen LogP contribution < -0.4 is 5.32 Å². The molecule has 0 aliphatic heterocycles. The van der Waals surface area contributed by atoms with Gasteiger partial charge in [-0.25, -0.2) is 4.98 Å². The molecule has 2 heterocycles. The first-order chi connectivity index (χ1) is 11.1. The lowest BCUT2D eigenvalue weighted by molar-refractivity contribution is -0.384. The molecule has 3 rings (SSSR count). The van der Waals surface area contributed by atoms with Crippen LogP contribution in [0.15, 0.2) is 42.7 Å². The average molecular weight is 307 g/mol. The fraction of sp³-hybridized carbons (Fsp3) is 0.125. The molecule has 0 saturated carbocycles. The van der Waals surface area contributed by atoms with Gasteiger partial charge in [0.2, 0.25) is 0 Å². The van der Waals surface area contributed by atoms with Crippen molar-refractivity contribution in [1.29, 1.82) is 5.26 Å². The Labute approximate surface area is 132 Å². The van der Waals surface area contributed by atoms with Gasteiger partial charge < -0.3 is 9.72 Å². The molecule has 0 saturated heterocycles. The highest BCUT2D eigenvalue weighted by atomic mass is 16.6. The summed E-state index contributed by atoms with van der Waals surface area (Å²) in [6, 6.07) is 10.1. The number of nitrogens with zero attached hydrogens (tertiary/aromatic N) is 4. The summed E-state index contributed by atoms with van der Waals surface area (Å²) in [5.41, 5.74) is 3.48. The number of fused-ring (bicyclic) bond motifs is 1. The molecule has 3 aromatic rings. The number of rotatable bonds is 4. The van der Waals surface area contributed by atoms with E-state index in [2.05, 4.69) is 10.3 Å². The number of pyridine rings is 1. The minimum atomic E-state index is -0.519. The zero-order valence-corrected chi connectivity index (χ0v) is 12.4. The Balaban J connectivity index is 1.82. The lowest BCUT2D eigenvalue weighted by Crippen LogP contribution is -2.02. The Morgan fingerprint density at radius 1 is 1.39 bits per heavy atom. The van der Waals surface area contributed by atoms with E-state index in [0.717, 1.165) is 16.9 Å². The van der Waals surface area contributed by atoms with Crippen molar-refractivity contribution in [1.82, 2.24) is 9.38 Å². The molecule has 114 valence electrons. The monoisotopic (exact) mass is 307 g/mol. The Morgan fingerprint density at radius 2 is 2.22 bits per heavy atom. The molecule has 7 heteroatoms. The summed E-state index contributed by atoms with van der Waals surface area (Å²) in [6.45, 7) is 2.43. The molecule has 1 aromatic carbocycles. The molecule has 0 atom stereocenters. The Bertz CT molecular complexity index is 939. The molecule has 0 aliphatic carbocycles. The Hall–Kier alpha value is -3.40. The largest absolute Gasteiger partial charge is 0.378 e. The van der Waals surface area contributed by atoms with E-state index in [9.17, 15) is 10.1 Å². The van der Waals surface area contributed by atoms with Gasteiger partial charge in [0.15, 0.2) is 0 Å². The highest BCUT2D eigenvalue weighted by molar-refractivity contribution is 5.61. The van der Waals surface area contributed by atoms with Crippen LogP contribution >= 0.6 is 0 Å². The maximum atomic E-state index is 10.7. The summed E-state index contributed by atoms with van der Waals surface area (Å²) < 4.78 is 1.92. The van der Waals surface area contributed by atoms with E-state index < -0.39 is 4.92 Å². The SMILES string of the molecule is Cc1ccn2cc(CNc3ccc([N+](=O)[O-])cc3C#N)nc2c1. The third-order valence-corrected chi connectivity index (χ3v) is 3.46. The summed E-state index contributed by atoms with van der Waals surface area (Å²) in [6.07, 6.45) is 3.84. The van der Waals surface area contributed by atoms with Crippen molar-refractivity contribution in [2.75, 3.05) is 5.32 Å². The fourth-order valence-corrected chi connectivity index (χ4v) is 2.30. The fourth-order valence-electron chi connectivity index (χ4n) is 2.30. The molecule has 7 nitrogen and oxygen atoms in total. The number of imidazole rings is 1. The van der Waals surface area contributed by atoms with Crippen molar-refractivity contribution in [3.63, 3.8) is 0 Å². The van der Waals surface area contributed by atoms with E-state index in [1.165, 1.54) is 18.2 Å². The second-order valence-electron chi connectivity index (χ2n) is 5.15. The highest BCUT2D eigenvalue weighted by Gasteiger charge is 2.11. The summed E-state index contributed by atoms with van der Waals surface area (Å²) in [4.78, 5) is 14.7. The predicted molar refractivity (Wildman–Crippen MR) is 85.1 cm³/mol. The van der Waals surface area contributed by atoms with Gasteiger partial charge in [0.25, 0.3) is 5.69 Å². The van der Waals surface area contributed by atoms with Gasteiger partial charge in [-0.15, -0.1) is 0 Å². The van der Waals surface area contributed by atoms with Crippen molar-refractivity contribution < 1.29 is 4.92 Å². The number of aromatic nitrogens is 2. The van der Waals surface area contributed by atoms with Gasteiger partial charge in [-0.05, 0) is 30.7 Å². The predicted octanol–water partition coefficient (Wildman–Crippen LogP) is 3.03. The smallest absolute Gasteiger partial charge is 0.270 e. The number of anilines is 1. The number of non-ortho nitro benzene ring substituents is 1. The molecule has 1 N–H and O–H groups in total. The van der Waals surface area contributed by atoms with E-state index in [0.29, 0.717) is 12.2 Å². The number of nitriles is 1. The van der Waals surface area contributed by atoms with Gasteiger partial charge >= 0.3 is 0 Å². The van der Waals surface area contributed by atoms with Gasteiger partial charge in [0.05, 0.1) is 28.4 Å². The number of nitrogens with one attached hydrogen (secondary N) is 1. The first-order valence-electron chi connectivity index (χ1n) is 6.93. The zero-order valence-electron chi connectivity index (χ0n) is 12.4. The number of nitro benzene ring substituents is 1. The normalized spacial score (nSPS) is 10.4. The van der Waals surface area contributed by atoms with Crippen molar-refractivity contribution in [2.24, 2.45) is 0 Å². The van der Waals surface area contributed by atoms with Crippen molar-refractivity contribution in [2.45, 2.75) is 13.5 Å². The lowest BCUT2D eigenvalue weighted by Gasteiger charge is -2.06. The van der Waals surface area contributed by atoms with E-state index >= 15 is 0 Å². The second-order valence-corrected chi connectivity index (χ2v) is 5.15. The van der Waals surface area contributed by atoms with E-state index in [-0.39, 0.29) is 11.3 Å². The number of benzene rings is 1. The molecule has 0 spiro atoms. The van der Waals surface area contributed by atoms with E-state index in [1.807, 2.05) is 41.9 Å². The third-order valence-electron chi connectivity index (χ3n) is 3.46. The summed E-state index contributed by atoms with van der Waals surface area (Å²) in [7, 11) is 0. The highest BCUT2D eigenvalue weighted by Crippen LogP contribution is 2.22. The zero-order chi connectivity index (χ0) is 16.4. The third kappa shape index (κ3) is 2.96. The minimum absolute atomic E-state index is 0.102. The maximum absolute atomic E-state index is 10.7. The standard InChI is InChI=1S/C16H13N5O2/c1-11-4-5-20-10-13(19-16(20)6-11)9-18-15-3-2-14(21(22)23)7-12(15)8-17/h2-7,10,18H,9H2,1H3. The van der Waals surface area contributed by atoms with Gasteiger partial charge in [0.1, 0.15) is 11.7 Å². The summed E-state index contributed by atoms with van der Waals surface area (Å²) in [5.74, 6) is 0. The van der Waals surface area contributed by atoms with Crippen LogP contribution in [0, 0.1) is 28.4 Å². The maximum Gasteiger partial charge on any atom is 0.270 e. The van der Waals surface area contributed by atoms with Crippen molar-refractivity contribution in [3.05, 3.63) is 69.7 Å². The average Bonchev–Trinajstić information content (AvgIpc) is 2.94. The number of aryl methyl sites for hydroxylation is 1. The van der Waals surface area contributed by atoms with Crippen LogP contribution in [0.25, 0.3) is 5.65 Å². The molecule has 0 radical (unpaired) electrons. The van der Waals surface area contributed by atoms with Crippen LogP contribution in [0.3, 0.4) is 0 Å². The van der Waals surface area contributed by atoms with E-state index in [1.54, 1.807) is 0 Å². The number of hydrogen-bond donors (Lipinski definition) is 1. The van der Waals surface area contributed by atoms with Crippen LogP contribution in [0.2, 0.25) is 0 Å². The van der Waals surface area contributed by atoms with Gasteiger partial charge in [0, 0.05) is 24.5 Å². The van der Waals surface area contributed by atoms with Crippen molar-refractivity contribution in [3.8, 4) is 6.07 Å². The molecule has 0 aliphatic rings. The van der Waals surface area contributed by atoms with Crippen LogP contribution in [0.5, 0.6) is 0 Å². The lowest BCUT2D eigenvalue weighted by atomic mass is 10.1. The van der Waals surface area contributed by atoms with Crippen LogP contribution in [-0.4, -0.2) is 14.3 Å². The first kappa shape index (κ1) is 14.5.